The predicted octanol–water partition coefficient (Wildman–Crippen LogP) is 2.94. The van der Waals surface area contributed by atoms with Crippen LogP contribution in [-0.2, 0) is 0 Å². The summed E-state index contributed by atoms with van der Waals surface area (Å²) in [6, 6.07) is 3.63. The van der Waals surface area contributed by atoms with Gasteiger partial charge in [0.05, 0.1) is 17.2 Å². The maximum absolute atomic E-state index is 5.80. The lowest BCUT2D eigenvalue weighted by Gasteiger charge is -1.98. The first kappa shape index (κ1) is 9.21. The van der Waals surface area contributed by atoms with Crippen molar-refractivity contribution in [2.75, 3.05) is 0 Å². The van der Waals surface area contributed by atoms with E-state index in [1.165, 1.54) is 0 Å². The van der Waals surface area contributed by atoms with Gasteiger partial charge in [0.15, 0.2) is 10.3 Å². The quantitative estimate of drug-likeness (QED) is 0.621. The molecule has 0 atom stereocenters. The highest BCUT2D eigenvalue weighted by Gasteiger charge is 2.09. The maximum Gasteiger partial charge on any atom is 0.167 e. The Morgan fingerprint density at radius 3 is 2.47 bits per heavy atom. The van der Waals surface area contributed by atoms with E-state index in [0.717, 1.165) is 17.2 Å². The summed E-state index contributed by atoms with van der Waals surface area (Å²) in [6.07, 6.45) is 0. The minimum Gasteiger partial charge on any atom is -0.231 e. The Balaban J connectivity index is 2.57. The number of fused-ring (bicyclic) bond motifs is 3. The largest absolute Gasteiger partial charge is 0.231 e. The molecule has 4 nitrogen and oxygen atoms in total. The van der Waals surface area contributed by atoms with Crippen molar-refractivity contribution in [3.05, 3.63) is 22.4 Å². The maximum atomic E-state index is 5.80. The van der Waals surface area contributed by atoms with Gasteiger partial charge in [0.2, 0.25) is 0 Å². The van der Waals surface area contributed by atoms with Crippen molar-refractivity contribution >= 4 is 57.0 Å². The molecule has 2 aromatic heterocycles. The highest BCUT2D eigenvalue weighted by molar-refractivity contribution is 7.00. The summed E-state index contributed by atoms with van der Waals surface area (Å²) in [5, 5.41) is 0.386. The molecule has 0 bridgehead atoms. The molecule has 0 amide bonds. The topological polar surface area (TPSA) is 51.6 Å². The third-order valence-electron chi connectivity index (χ3n) is 1.98. The standard InChI is InChI=1S/C8H2Cl2N4S/c9-7-8(10)12-5-3(11-7)1-2-4-6(5)14-15-13-4/h1-2H. The summed E-state index contributed by atoms with van der Waals surface area (Å²) in [7, 11) is 0. The van der Waals surface area contributed by atoms with Gasteiger partial charge >= 0.3 is 0 Å². The molecule has 0 radical (unpaired) electrons. The molecule has 0 unspecified atom stereocenters. The SMILES string of the molecule is Clc1nc2ccc3nsnc3c2nc1Cl. The Labute approximate surface area is 98.2 Å². The van der Waals surface area contributed by atoms with Gasteiger partial charge < -0.3 is 0 Å². The average Bonchev–Trinajstić information content (AvgIpc) is 2.68. The molecule has 3 rings (SSSR count). The van der Waals surface area contributed by atoms with Gasteiger partial charge in [0.25, 0.3) is 0 Å². The number of nitrogens with zero attached hydrogens (tertiary/aromatic N) is 4. The van der Waals surface area contributed by atoms with Gasteiger partial charge in [-0.05, 0) is 12.1 Å². The normalized spacial score (nSPS) is 11.3. The molecule has 0 fully saturated rings. The van der Waals surface area contributed by atoms with Gasteiger partial charge in [0.1, 0.15) is 16.6 Å². The van der Waals surface area contributed by atoms with Crippen LogP contribution in [0.25, 0.3) is 22.1 Å². The van der Waals surface area contributed by atoms with E-state index in [1.807, 2.05) is 6.07 Å². The van der Waals surface area contributed by atoms with Crippen LogP contribution in [0.4, 0.5) is 0 Å². The van der Waals surface area contributed by atoms with Gasteiger partial charge in [-0.25, -0.2) is 9.97 Å². The summed E-state index contributed by atoms with van der Waals surface area (Å²) in [6.45, 7) is 0. The fourth-order valence-electron chi connectivity index (χ4n) is 1.32. The second-order valence-electron chi connectivity index (χ2n) is 2.87. The number of aromatic nitrogens is 4. The van der Waals surface area contributed by atoms with Crippen LogP contribution in [0.5, 0.6) is 0 Å². The van der Waals surface area contributed by atoms with E-state index in [1.54, 1.807) is 6.07 Å². The first-order valence-corrected chi connectivity index (χ1v) is 5.48. The zero-order valence-electron chi connectivity index (χ0n) is 7.11. The minimum absolute atomic E-state index is 0.185. The Kier molecular flexibility index (Phi) is 1.98. The molecular weight excluding hydrogens is 255 g/mol. The van der Waals surface area contributed by atoms with Gasteiger partial charge in [-0.1, -0.05) is 23.2 Å². The van der Waals surface area contributed by atoms with Crippen LogP contribution in [0.3, 0.4) is 0 Å². The Morgan fingerprint density at radius 2 is 1.60 bits per heavy atom. The summed E-state index contributed by atoms with van der Waals surface area (Å²) in [5.41, 5.74) is 2.81. The molecule has 3 aromatic rings. The summed E-state index contributed by atoms with van der Waals surface area (Å²) < 4.78 is 8.25. The molecule has 0 saturated carbocycles. The highest BCUT2D eigenvalue weighted by Crippen LogP contribution is 2.25. The molecule has 1 aromatic carbocycles. The lowest BCUT2D eigenvalue weighted by molar-refractivity contribution is 1.30. The van der Waals surface area contributed by atoms with Crippen molar-refractivity contribution < 1.29 is 0 Å². The minimum atomic E-state index is 0.185. The molecule has 0 aliphatic heterocycles. The van der Waals surface area contributed by atoms with E-state index >= 15 is 0 Å². The zero-order valence-corrected chi connectivity index (χ0v) is 9.44. The summed E-state index contributed by atoms with van der Waals surface area (Å²) >= 11 is 12.7. The monoisotopic (exact) mass is 256 g/mol. The zero-order chi connectivity index (χ0) is 10.4. The van der Waals surface area contributed by atoms with Crippen LogP contribution in [-0.4, -0.2) is 18.7 Å². The fourth-order valence-corrected chi connectivity index (χ4v) is 2.12. The van der Waals surface area contributed by atoms with Crippen LogP contribution in [0, 0.1) is 0 Å². The second kappa shape index (κ2) is 3.23. The second-order valence-corrected chi connectivity index (χ2v) is 4.11. The summed E-state index contributed by atoms with van der Waals surface area (Å²) in [4.78, 5) is 8.26. The van der Waals surface area contributed by atoms with Gasteiger partial charge in [-0.15, -0.1) is 0 Å². The van der Waals surface area contributed by atoms with Crippen molar-refractivity contribution in [2.45, 2.75) is 0 Å². The Hall–Kier alpha value is -1.04. The van der Waals surface area contributed by atoms with Crippen LogP contribution in [0.2, 0.25) is 10.3 Å². The third kappa shape index (κ3) is 1.35. The first-order chi connectivity index (χ1) is 7.25. The molecule has 15 heavy (non-hydrogen) atoms. The Morgan fingerprint density at radius 1 is 0.867 bits per heavy atom. The third-order valence-corrected chi connectivity index (χ3v) is 3.15. The van der Waals surface area contributed by atoms with E-state index < -0.39 is 0 Å². The molecule has 0 spiro atoms. The molecule has 2 heterocycles. The van der Waals surface area contributed by atoms with E-state index in [2.05, 4.69) is 18.7 Å². The fraction of sp³-hybridized carbons (Fsp3) is 0. The van der Waals surface area contributed by atoms with Crippen LogP contribution < -0.4 is 0 Å². The number of hydrogen-bond acceptors (Lipinski definition) is 5. The molecule has 0 N–H and O–H groups in total. The Bertz CT molecular complexity index is 666. The van der Waals surface area contributed by atoms with Crippen molar-refractivity contribution in [1.82, 2.24) is 18.7 Å². The van der Waals surface area contributed by atoms with Crippen molar-refractivity contribution in [2.24, 2.45) is 0 Å². The van der Waals surface area contributed by atoms with Gasteiger partial charge in [-0.3, -0.25) is 0 Å². The van der Waals surface area contributed by atoms with Crippen LogP contribution in [0.15, 0.2) is 12.1 Å². The van der Waals surface area contributed by atoms with Gasteiger partial charge in [-0.2, -0.15) is 8.75 Å². The van der Waals surface area contributed by atoms with E-state index in [-0.39, 0.29) is 10.3 Å². The van der Waals surface area contributed by atoms with Crippen molar-refractivity contribution in [3.8, 4) is 0 Å². The van der Waals surface area contributed by atoms with E-state index in [4.69, 9.17) is 23.2 Å². The number of benzene rings is 1. The molecular formula is C8H2Cl2N4S. The van der Waals surface area contributed by atoms with E-state index in [9.17, 15) is 0 Å². The van der Waals surface area contributed by atoms with Gasteiger partial charge in [0, 0.05) is 0 Å². The molecule has 7 heteroatoms. The molecule has 0 saturated heterocycles. The number of hydrogen-bond donors (Lipinski definition) is 0. The van der Waals surface area contributed by atoms with E-state index in [0.29, 0.717) is 16.6 Å². The van der Waals surface area contributed by atoms with Crippen LogP contribution >= 0.6 is 34.9 Å². The first-order valence-electron chi connectivity index (χ1n) is 4.00. The van der Waals surface area contributed by atoms with Crippen LogP contribution in [0.1, 0.15) is 0 Å². The number of halogens is 2. The molecule has 74 valence electrons. The predicted molar refractivity (Wildman–Crippen MR) is 60.5 cm³/mol. The average molecular weight is 257 g/mol. The highest BCUT2D eigenvalue weighted by atomic mass is 35.5. The smallest absolute Gasteiger partial charge is 0.167 e. The van der Waals surface area contributed by atoms with Crippen molar-refractivity contribution in [1.29, 1.82) is 0 Å². The molecule has 0 aliphatic carbocycles. The lowest BCUT2D eigenvalue weighted by Crippen LogP contribution is -1.87. The number of rotatable bonds is 0. The molecule has 0 aliphatic rings. The summed E-state index contributed by atoms with van der Waals surface area (Å²) in [5.74, 6) is 0. The van der Waals surface area contributed by atoms with Crippen molar-refractivity contribution in [3.63, 3.8) is 0 Å². The lowest BCUT2D eigenvalue weighted by atomic mass is 10.2.